The van der Waals surface area contributed by atoms with Crippen LogP contribution < -0.4 is 11.1 Å². The van der Waals surface area contributed by atoms with Crippen LogP contribution in [0.4, 0.5) is 17.1 Å². The molecule has 0 aliphatic heterocycles. The van der Waals surface area contributed by atoms with E-state index in [1.807, 2.05) is 42.5 Å². The fraction of sp³-hybridized carbons (Fsp3) is 0.0714. The highest BCUT2D eigenvalue weighted by Crippen LogP contribution is 2.27. The molecule has 0 saturated heterocycles. The van der Waals surface area contributed by atoms with E-state index in [-0.39, 0.29) is 0 Å². The van der Waals surface area contributed by atoms with E-state index in [2.05, 4.69) is 27.3 Å². The molecule has 0 spiro atoms. The summed E-state index contributed by atoms with van der Waals surface area (Å²) in [6, 6.07) is 15.6. The summed E-state index contributed by atoms with van der Waals surface area (Å²) in [5.41, 5.74) is 9.20. The number of hydrogen-bond donors (Lipinski definition) is 2. The third-order valence-electron chi connectivity index (χ3n) is 2.57. The summed E-state index contributed by atoms with van der Waals surface area (Å²) >= 11 is 3.48. The lowest BCUT2D eigenvalue weighted by Gasteiger charge is -2.10. The van der Waals surface area contributed by atoms with E-state index in [0.717, 1.165) is 21.4 Å². The van der Waals surface area contributed by atoms with Crippen molar-refractivity contribution in [1.82, 2.24) is 0 Å². The summed E-state index contributed by atoms with van der Waals surface area (Å²) in [5.74, 6) is 0. The van der Waals surface area contributed by atoms with Gasteiger partial charge in [0.25, 0.3) is 0 Å². The van der Waals surface area contributed by atoms with Crippen LogP contribution in [-0.4, -0.2) is 0 Å². The van der Waals surface area contributed by atoms with Gasteiger partial charge in [0.1, 0.15) is 0 Å². The van der Waals surface area contributed by atoms with Gasteiger partial charge in [0, 0.05) is 15.8 Å². The minimum absolute atomic E-state index is 0.317. The minimum Gasteiger partial charge on any atom is -0.398 e. The summed E-state index contributed by atoms with van der Waals surface area (Å²) in [4.78, 5) is 0. The van der Waals surface area contributed by atoms with Gasteiger partial charge in [0.2, 0.25) is 0 Å². The molecular formula is C14H12BrN3. The van der Waals surface area contributed by atoms with Crippen LogP contribution in [0.15, 0.2) is 46.9 Å². The highest BCUT2D eigenvalue weighted by molar-refractivity contribution is 9.10. The zero-order chi connectivity index (χ0) is 13.0. The first-order valence-electron chi connectivity index (χ1n) is 5.47. The van der Waals surface area contributed by atoms with Crippen molar-refractivity contribution in [2.75, 3.05) is 11.1 Å². The number of anilines is 3. The molecular weight excluding hydrogens is 290 g/mol. The smallest absolute Gasteiger partial charge is 0.0670 e. The molecule has 2 aromatic rings. The predicted molar refractivity (Wildman–Crippen MR) is 77.6 cm³/mol. The number of para-hydroxylation sites is 1. The van der Waals surface area contributed by atoms with Crippen LogP contribution >= 0.6 is 15.9 Å². The monoisotopic (exact) mass is 301 g/mol. The van der Waals surface area contributed by atoms with Crippen LogP contribution in [0.5, 0.6) is 0 Å². The Morgan fingerprint density at radius 2 is 2.00 bits per heavy atom. The molecule has 90 valence electrons. The van der Waals surface area contributed by atoms with E-state index >= 15 is 0 Å². The number of rotatable bonds is 3. The molecule has 0 fully saturated rings. The molecule has 0 radical (unpaired) electrons. The van der Waals surface area contributed by atoms with E-state index in [9.17, 15) is 0 Å². The Balaban J connectivity index is 2.28. The Morgan fingerprint density at radius 1 is 1.22 bits per heavy atom. The van der Waals surface area contributed by atoms with Crippen LogP contribution in [0.25, 0.3) is 0 Å². The maximum absolute atomic E-state index is 8.74. The lowest BCUT2D eigenvalue weighted by Crippen LogP contribution is -1.97. The molecule has 3 N–H and O–H groups in total. The zero-order valence-electron chi connectivity index (χ0n) is 9.65. The molecule has 0 aromatic heterocycles. The lowest BCUT2D eigenvalue weighted by atomic mass is 10.1. The van der Waals surface area contributed by atoms with Gasteiger partial charge in [-0.1, -0.05) is 12.1 Å². The third kappa shape index (κ3) is 2.82. The number of nitrogens with two attached hydrogens (primary N) is 1. The van der Waals surface area contributed by atoms with E-state index in [4.69, 9.17) is 11.0 Å². The van der Waals surface area contributed by atoms with Crippen LogP contribution in [-0.2, 0) is 6.42 Å². The molecule has 0 aliphatic carbocycles. The minimum atomic E-state index is 0.317. The van der Waals surface area contributed by atoms with Gasteiger partial charge >= 0.3 is 0 Å². The number of halogens is 1. The van der Waals surface area contributed by atoms with Gasteiger partial charge < -0.3 is 11.1 Å². The van der Waals surface area contributed by atoms with Gasteiger partial charge in [-0.3, -0.25) is 0 Å². The summed E-state index contributed by atoms with van der Waals surface area (Å²) in [6.45, 7) is 0. The van der Waals surface area contributed by atoms with Gasteiger partial charge in [-0.2, -0.15) is 5.26 Å². The van der Waals surface area contributed by atoms with Crippen molar-refractivity contribution < 1.29 is 0 Å². The SMILES string of the molecule is N#CCc1cc(Nc2ccccc2Br)ccc1N. The Kier molecular flexibility index (Phi) is 3.85. The first-order chi connectivity index (χ1) is 8.70. The third-order valence-corrected chi connectivity index (χ3v) is 3.26. The number of benzene rings is 2. The average Bonchev–Trinajstić information content (AvgIpc) is 2.36. The molecule has 0 saturated carbocycles. The van der Waals surface area contributed by atoms with Crippen molar-refractivity contribution in [1.29, 1.82) is 5.26 Å². The van der Waals surface area contributed by atoms with E-state index in [1.165, 1.54) is 0 Å². The fourth-order valence-electron chi connectivity index (χ4n) is 1.64. The number of nitrogens with zero attached hydrogens (tertiary/aromatic N) is 1. The van der Waals surface area contributed by atoms with Crippen LogP contribution in [0.1, 0.15) is 5.56 Å². The van der Waals surface area contributed by atoms with E-state index < -0.39 is 0 Å². The van der Waals surface area contributed by atoms with Crippen molar-refractivity contribution in [2.45, 2.75) is 6.42 Å². The van der Waals surface area contributed by atoms with Crippen molar-refractivity contribution in [3.05, 3.63) is 52.5 Å². The first kappa shape index (κ1) is 12.5. The molecule has 2 aromatic carbocycles. The summed E-state index contributed by atoms with van der Waals surface area (Å²) in [7, 11) is 0. The second kappa shape index (κ2) is 5.56. The summed E-state index contributed by atoms with van der Waals surface area (Å²) < 4.78 is 0.989. The Bertz CT molecular complexity index is 602. The maximum atomic E-state index is 8.74. The van der Waals surface area contributed by atoms with Crippen LogP contribution in [0.3, 0.4) is 0 Å². The predicted octanol–water partition coefficient (Wildman–Crippen LogP) is 3.84. The second-order valence-electron chi connectivity index (χ2n) is 3.85. The topological polar surface area (TPSA) is 61.8 Å². The summed E-state index contributed by atoms with van der Waals surface area (Å²) in [6.07, 6.45) is 0.317. The van der Waals surface area contributed by atoms with E-state index in [1.54, 1.807) is 0 Å². The summed E-state index contributed by atoms with van der Waals surface area (Å²) in [5, 5.41) is 12.0. The quantitative estimate of drug-likeness (QED) is 0.847. The normalized spacial score (nSPS) is 9.78. The molecule has 0 aliphatic rings. The van der Waals surface area contributed by atoms with E-state index in [0.29, 0.717) is 12.1 Å². The van der Waals surface area contributed by atoms with Crippen LogP contribution in [0.2, 0.25) is 0 Å². The van der Waals surface area contributed by atoms with Crippen LogP contribution in [0, 0.1) is 11.3 Å². The van der Waals surface area contributed by atoms with Crippen molar-refractivity contribution >= 4 is 33.0 Å². The molecule has 2 rings (SSSR count). The molecule has 4 heteroatoms. The average molecular weight is 302 g/mol. The number of nitriles is 1. The van der Waals surface area contributed by atoms with Crippen molar-refractivity contribution in [3.8, 4) is 6.07 Å². The number of hydrogen-bond acceptors (Lipinski definition) is 3. The number of nitrogen functional groups attached to an aromatic ring is 1. The van der Waals surface area contributed by atoms with Gasteiger partial charge in [0.15, 0.2) is 0 Å². The highest BCUT2D eigenvalue weighted by atomic mass is 79.9. The van der Waals surface area contributed by atoms with Crippen molar-refractivity contribution in [2.24, 2.45) is 0 Å². The highest BCUT2D eigenvalue weighted by Gasteiger charge is 2.03. The molecule has 0 unspecified atom stereocenters. The molecule has 0 amide bonds. The Hall–Kier alpha value is -1.99. The fourth-order valence-corrected chi connectivity index (χ4v) is 2.02. The Labute approximate surface area is 114 Å². The van der Waals surface area contributed by atoms with Gasteiger partial charge in [-0.15, -0.1) is 0 Å². The molecule has 0 atom stereocenters. The largest absolute Gasteiger partial charge is 0.398 e. The first-order valence-corrected chi connectivity index (χ1v) is 6.27. The second-order valence-corrected chi connectivity index (χ2v) is 4.71. The zero-order valence-corrected chi connectivity index (χ0v) is 11.2. The molecule has 18 heavy (non-hydrogen) atoms. The maximum Gasteiger partial charge on any atom is 0.0670 e. The molecule has 0 bridgehead atoms. The molecule has 0 heterocycles. The molecule has 3 nitrogen and oxygen atoms in total. The Morgan fingerprint density at radius 3 is 2.72 bits per heavy atom. The van der Waals surface area contributed by atoms with Gasteiger partial charge in [-0.05, 0) is 51.8 Å². The standard InChI is InChI=1S/C14H12BrN3/c15-12-3-1-2-4-14(12)18-11-5-6-13(17)10(9-11)7-8-16/h1-6,9,18H,7,17H2. The van der Waals surface area contributed by atoms with Gasteiger partial charge in [0.05, 0.1) is 18.2 Å². The van der Waals surface area contributed by atoms with Gasteiger partial charge in [-0.25, -0.2) is 0 Å². The lowest BCUT2D eigenvalue weighted by molar-refractivity contribution is 1.27. The number of nitrogens with one attached hydrogen (secondary N) is 1. The van der Waals surface area contributed by atoms with Crippen molar-refractivity contribution in [3.63, 3.8) is 0 Å².